The van der Waals surface area contributed by atoms with Gasteiger partial charge in [-0.05, 0) is 78.4 Å². The van der Waals surface area contributed by atoms with Crippen molar-refractivity contribution >= 4 is 24.0 Å². The molecule has 48 heavy (non-hydrogen) atoms. The number of hydrogen-bond donors (Lipinski definition) is 2. The molecule has 0 saturated heterocycles. The van der Waals surface area contributed by atoms with Crippen molar-refractivity contribution in [3.63, 3.8) is 0 Å². The maximum absolute atomic E-state index is 12.3. The molecule has 4 aromatic carbocycles. The van der Waals surface area contributed by atoms with Gasteiger partial charge in [0.05, 0.1) is 11.9 Å². The zero-order chi connectivity index (χ0) is 34.1. The fourth-order valence-electron chi connectivity index (χ4n) is 6.46. The molecule has 4 aromatic rings. The van der Waals surface area contributed by atoms with Gasteiger partial charge in [0.1, 0.15) is 12.4 Å². The molecule has 0 bridgehead atoms. The maximum atomic E-state index is 12.3. The third-order valence-corrected chi connectivity index (χ3v) is 14.7. The molecular formula is C38H48N2O6SSi. The molecule has 0 radical (unpaired) electrons. The topological polar surface area (TPSA) is 95.1 Å². The summed E-state index contributed by atoms with van der Waals surface area (Å²) in [6, 6.07) is 34.2. The van der Waals surface area contributed by atoms with E-state index in [9.17, 15) is 8.42 Å². The highest BCUT2D eigenvalue weighted by atomic mass is 32.2. The van der Waals surface area contributed by atoms with Crippen LogP contribution >= 0.6 is 0 Å². The number of anilines is 1. The molecule has 3 unspecified atom stereocenters. The van der Waals surface area contributed by atoms with Gasteiger partial charge in [0, 0.05) is 17.8 Å². The number of nitrogens with one attached hydrogen (secondary N) is 2. The SMILES string of the molecule is CC[Si](CC)(OC(C)Cc1ccc(OCc2ccccc2)c(NS(C)(=O)=O)c1)C(C)NC(Cc1ccccc1)c1ccc2c(c1)OCO2. The molecule has 0 fully saturated rings. The molecule has 0 aromatic heterocycles. The fourth-order valence-corrected chi connectivity index (χ4v) is 10.7. The zero-order valence-electron chi connectivity index (χ0n) is 28.6. The van der Waals surface area contributed by atoms with Crippen LogP contribution in [0, 0.1) is 0 Å². The molecule has 1 aliphatic rings. The van der Waals surface area contributed by atoms with E-state index in [4.69, 9.17) is 18.6 Å². The summed E-state index contributed by atoms with van der Waals surface area (Å²) < 4.78 is 51.6. The summed E-state index contributed by atoms with van der Waals surface area (Å²) >= 11 is 0. The quantitative estimate of drug-likeness (QED) is 0.109. The minimum atomic E-state index is -3.51. The first-order chi connectivity index (χ1) is 23.1. The van der Waals surface area contributed by atoms with E-state index in [1.54, 1.807) is 0 Å². The molecule has 1 heterocycles. The first kappa shape index (κ1) is 35.5. The second-order valence-electron chi connectivity index (χ2n) is 12.6. The van der Waals surface area contributed by atoms with Crippen molar-refractivity contribution in [1.82, 2.24) is 5.32 Å². The molecule has 2 N–H and O–H groups in total. The van der Waals surface area contributed by atoms with Gasteiger partial charge >= 0.3 is 0 Å². The van der Waals surface area contributed by atoms with Gasteiger partial charge in [-0.15, -0.1) is 0 Å². The summed E-state index contributed by atoms with van der Waals surface area (Å²) in [5, 5.41) is 4.00. The second-order valence-corrected chi connectivity index (χ2v) is 19.0. The van der Waals surface area contributed by atoms with Crippen LogP contribution in [0.4, 0.5) is 5.69 Å². The van der Waals surface area contributed by atoms with E-state index in [1.165, 1.54) is 5.56 Å². The number of benzene rings is 4. The Kier molecular flexibility index (Phi) is 11.9. The first-order valence-corrected chi connectivity index (χ1v) is 21.0. The van der Waals surface area contributed by atoms with Crippen LogP contribution in [0.5, 0.6) is 17.2 Å². The average molecular weight is 689 g/mol. The predicted molar refractivity (Wildman–Crippen MR) is 195 cm³/mol. The molecule has 0 saturated carbocycles. The maximum Gasteiger partial charge on any atom is 0.231 e. The summed E-state index contributed by atoms with van der Waals surface area (Å²) in [5.41, 5.74) is 4.95. The highest BCUT2D eigenvalue weighted by molar-refractivity contribution is 7.92. The lowest BCUT2D eigenvalue weighted by molar-refractivity contribution is 0.174. The smallest absolute Gasteiger partial charge is 0.231 e. The molecule has 10 heteroatoms. The van der Waals surface area contributed by atoms with Crippen molar-refractivity contribution in [2.45, 2.75) is 77.0 Å². The van der Waals surface area contributed by atoms with Gasteiger partial charge in [-0.2, -0.15) is 0 Å². The Bertz CT molecular complexity index is 1740. The van der Waals surface area contributed by atoms with E-state index in [0.29, 0.717) is 24.5 Å². The van der Waals surface area contributed by atoms with Crippen LogP contribution in [-0.4, -0.2) is 41.6 Å². The van der Waals surface area contributed by atoms with Crippen LogP contribution in [0.25, 0.3) is 0 Å². The monoisotopic (exact) mass is 688 g/mol. The lowest BCUT2D eigenvalue weighted by Gasteiger charge is -2.40. The first-order valence-electron chi connectivity index (χ1n) is 16.7. The summed E-state index contributed by atoms with van der Waals surface area (Å²) in [4.78, 5) is 0. The van der Waals surface area contributed by atoms with Crippen molar-refractivity contribution in [3.8, 4) is 17.2 Å². The van der Waals surface area contributed by atoms with E-state index in [0.717, 1.165) is 53.0 Å². The molecule has 5 rings (SSSR count). The third kappa shape index (κ3) is 9.41. The normalized spacial score (nSPS) is 14.7. The van der Waals surface area contributed by atoms with Gasteiger partial charge in [0.15, 0.2) is 11.5 Å². The number of hydrogen-bond acceptors (Lipinski definition) is 7. The molecule has 8 nitrogen and oxygen atoms in total. The van der Waals surface area contributed by atoms with Crippen LogP contribution in [0.2, 0.25) is 12.1 Å². The van der Waals surface area contributed by atoms with Crippen molar-refractivity contribution in [1.29, 1.82) is 0 Å². The van der Waals surface area contributed by atoms with E-state index < -0.39 is 18.3 Å². The second kappa shape index (κ2) is 16.0. The molecule has 1 aliphatic heterocycles. The van der Waals surface area contributed by atoms with Crippen LogP contribution < -0.4 is 24.2 Å². The Hall–Kier alpha value is -3.83. The van der Waals surface area contributed by atoms with E-state index >= 15 is 0 Å². The summed E-state index contributed by atoms with van der Waals surface area (Å²) in [5.74, 6) is 2.04. The predicted octanol–water partition coefficient (Wildman–Crippen LogP) is 7.80. The van der Waals surface area contributed by atoms with Gasteiger partial charge < -0.3 is 24.0 Å². The molecule has 0 spiro atoms. The Balaban J connectivity index is 1.32. The minimum Gasteiger partial charge on any atom is -0.487 e. The summed E-state index contributed by atoms with van der Waals surface area (Å²) in [6.45, 7) is 9.43. The van der Waals surface area contributed by atoms with Crippen LogP contribution in [0.3, 0.4) is 0 Å². The Morgan fingerprint density at radius 1 is 0.792 bits per heavy atom. The lowest BCUT2D eigenvalue weighted by Crippen LogP contribution is -2.57. The average Bonchev–Trinajstić information content (AvgIpc) is 3.55. The van der Waals surface area contributed by atoms with Crippen molar-refractivity contribution in [2.24, 2.45) is 0 Å². The van der Waals surface area contributed by atoms with E-state index in [2.05, 4.69) is 74.1 Å². The highest BCUT2D eigenvalue weighted by Crippen LogP contribution is 2.36. The molecular weight excluding hydrogens is 641 g/mol. The van der Waals surface area contributed by atoms with Crippen LogP contribution in [0.15, 0.2) is 97.1 Å². The number of rotatable bonds is 17. The van der Waals surface area contributed by atoms with Gasteiger partial charge in [-0.25, -0.2) is 8.42 Å². The van der Waals surface area contributed by atoms with Gasteiger partial charge in [-0.1, -0.05) is 93.6 Å². The van der Waals surface area contributed by atoms with Gasteiger partial charge in [0.25, 0.3) is 0 Å². The third-order valence-electron chi connectivity index (χ3n) is 9.05. The standard InChI is InChI=1S/C38H48N2O6SSi/c1-6-48(7-2,29(4)39-34(23-30-14-10-8-11-15-30)33-19-21-37-38(25-33)45-27-44-37)46-28(3)22-32-18-20-36(35(24-32)40-47(5,41)42)43-26-31-16-12-9-13-17-31/h8-21,24-25,28-29,34,39-40H,6-7,22-23,26-27H2,1-5H3. The number of fused-ring (bicyclic) bond motifs is 1. The molecule has 0 amide bonds. The largest absolute Gasteiger partial charge is 0.487 e. The fraction of sp³-hybridized carbons (Fsp3) is 0.368. The lowest BCUT2D eigenvalue weighted by atomic mass is 9.98. The summed E-state index contributed by atoms with van der Waals surface area (Å²) in [6.07, 6.45) is 2.53. The molecule has 3 atom stereocenters. The Morgan fingerprint density at radius 3 is 2.12 bits per heavy atom. The van der Waals surface area contributed by atoms with Gasteiger partial charge in [0.2, 0.25) is 25.1 Å². The van der Waals surface area contributed by atoms with Crippen molar-refractivity contribution in [3.05, 3.63) is 119 Å². The van der Waals surface area contributed by atoms with Crippen molar-refractivity contribution in [2.75, 3.05) is 17.8 Å². The molecule has 256 valence electrons. The van der Waals surface area contributed by atoms with Crippen molar-refractivity contribution < 1.29 is 27.1 Å². The zero-order valence-corrected chi connectivity index (χ0v) is 30.4. The van der Waals surface area contributed by atoms with E-state index in [1.807, 2.05) is 60.7 Å². The number of ether oxygens (including phenoxy) is 3. The van der Waals surface area contributed by atoms with Crippen LogP contribution in [-0.2, 0) is 33.9 Å². The minimum absolute atomic E-state index is 0.0498. The highest BCUT2D eigenvalue weighted by Gasteiger charge is 2.40. The molecule has 0 aliphatic carbocycles. The van der Waals surface area contributed by atoms with E-state index in [-0.39, 0.29) is 24.6 Å². The van der Waals surface area contributed by atoms with Gasteiger partial charge in [-0.3, -0.25) is 4.72 Å². The number of sulfonamides is 1. The Morgan fingerprint density at radius 2 is 1.46 bits per heavy atom. The van der Waals surface area contributed by atoms with Crippen LogP contribution in [0.1, 0.15) is 56.0 Å². The Labute approximate surface area is 287 Å². The summed E-state index contributed by atoms with van der Waals surface area (Å²) in [7, 11) is -5.83.